The fraction of sp³-hybridized carbons (Fsp3) is 0.526. The highest BCUT2D eigenvalue weighted by molar-refractivity contribution is 5.85. The van der Waals surface area contributed by atoms with Gasteiger partial charge in [0.25, 0.3) is 0 Å². The number of hydrogen-bond donors (Lipinski definition) is 1. The predicted octanol–water partition coefficient (Wildman–Crippen LogP) is 3.11. The number of likely N-dealkylation sites (tertiary alicyclic amines) is 1. The maximum atomic E-state index is 11.0. The van der Waals surface area contributed by atoms with Crippen LogP contribution in [0.15, 0.2) is 30.6 Å². The van der Waals surface area contributed by atoms with E-state index in [9.17, 15) is 4.79 Å². The molecule has 1 saturated heterocycles. The molecule has 1 aliphatic heterocycles. The first-order chi connectivity index (χ1) is 11.8. The van der Waals surface area contributed by atoms with Crippen LogP contribution in [0.4, 0.5) is 0 Å². The molecule has 25 heavy (non-hydrogen) atoms. The van der Waals surface area contributed by atoms with E-state index < -0.39 is 5.97 Å². The van der Waals surface area contributed by atoms with Crippen molar-refractivity contribution in [2.45, 2.75) is 51.6 Å². The van der Waals surface area contributed by atoms with Crippen molar-refractivity contribution in [3.05, 3.63) is 47.5 Å². The molecule has 1 aliphatic rings. The minimum atomic E-state index is -0.971. The lowest BCUT2D eigenvalue weighted by molar-refractivity contribution is 0.0688. The Morgan fingerprint density at radius 3 is 2.60 bits per heavy atom. The molecule has 0 bridgehead atoms. The molecule has 1 fully saturated rings. The number of aromatic nitrogens is 3. The lowest BCUT2D eigenvalue weighted by atomic mass is 9.87. The van der Waals surface area contributed by atoms with Gasteiger partial charge in [0.2, 0.25) is 0 Å². The van der Waals surface area contributed by atoms with Crippen molar-refractivity contribution in [1.82, 2.24) is 19.7 Å². The molecular formula is C19H26N4O2. The summed E-state index contributed by atoms with van der Waals surface area (Å²) in [7, 11) is 0. The van der Waals surface area contributed by atoms with Crippen molar-refractivity contribution in [3.63, 3.8) is 0 Å². The number of nitrogens with zero attached hydrogens (tertiary/aromatic N) is 4. The van der Waals surface area contributed by atoms with Crippen molar-refractivity contribution >= 4 is 5.97 Å². The van der Waals surface area contributed by atoms with E-state index in [1.54, 1.807) is 16.9 Å². The van der Waals surface area contributed by atoms with Gasteiger partial charge in [-0.05, 0) is 42.0 Å². The van der Waals surface area contributed by atoms with Crippen LogP contribution >= 0.6 is 0 Å². The van der Waals surface area contributed by atoms with E-state index in [-0.39, 0.29) is 17.2 Å². The van der Waals surface area contributed by atoms with Gasteiger partial charge in [-0.2, -0.15) is 5.10 Å². The summed E-state index contributed by atoms with van der Waals surface area (Å²) < 4.78 is 1.80. The van der Waals surface area contributed by atoms with E-state index in [4.69, 9.17) is 5.11 Å². The second-order valence-electron chi connectivity index (χ2n) is 7.78. The van der Waals surface area contributed by atoms with Gasteiger partial charge in [-0.3, -0.25) is 14.6 Å². The zero-order valence-electron chi connectivity index (χ0n) is 15.1. The molecule has 2 aromatic rings. The van der Waals surface area contributed by atoms with Crippen LogP contribution < -0.4 is 0 Å². The van der Waals surface area contributed by atoms with Crippen LogP contribution in [-0.4, -0.2) is 43.8 Å². The van der Waals surface area contributed by atoms with E-state index in [2.05, 4.69) is 47.9 Å². The highest BCUT2D eigenvalue weighted by Crippen LogP contribution is 2.25. The van der Waals surface area contributed by atoms with Gasteiger partial charge >= 0.3 is 5.97 Å². The Morgan fingerprint density at radius 1 is 1.28 bits per heavy atom. The number of hydrogen-bond acceptors (Lipinski definition) is 4. The zero-order chi connectivity index (χ0) is 18.0. The lowest BCUT2D eigenvalue weighted by Gasteiger charge is -2.32. The molecular weight excluding hydrogens is 316 g/mol. The molecule has 0 atom stereocenters. The molecule has 2 aromatic heterocycles. The SMILES string of the molecule is CC(C)(C)c1ccnc(CN2CCC(n3ccc(C(=O)O)n3)CC2)c1. The Kier molecular flexibility index (Phi) is 4.90. The summed E-state index contributed by atoms with van der Waals surface area (Å²) >= 11 is 0. The maximum absolute atomic E-state index is 11.0. The second-order valence-corrected chi connectivity index (χ2v) is 7.78. The Bertz CT molecular complexity index is 740. The Hall–Kier alpha value is -2.21. The van der Waals surface area contributed by atoms with Gasteiger partial charge < -0.3 is 5.11 Å². The highest BCUT2D eigenvalue weighted by atomic mass is 16.4. The maximum Gasteiger partial charge on any atom is 0.356 e. The molecule has 0 saturated carbocycles. The molecule has 0 amide bonds. The van der Waals surface area contributed by atoms with Crippen LogP contribution in [0.25, 0.3) is 0 Å². The molecule has 0 aliphatic carbocycles. The van der Waals surface area contributed by atoms with Crippen molar-refractivity contribution in [2.24, 2.45) is 0 Å². The molecule has 0 unspecified atom stereocenters. The standard InChI is InChI=1S/C19H26N4O2/c1-19(2,3)14-4-8-20-15(12-14)13-22-9-5-16(6-10-22)23-11-7-17(21-23)18(24)25/h4,7-8,11-12,16H,5-6,9-10,13H2,1-3H3,(H,24,25). The average Bonchev–Trinajstić information content (AvgIpc) is 3.05. The summed E-state index contributed by atoms with van der Waals surface area (Å²) in [6.45, 7) is 9.44. The predicted molar refractivity (Wildman–Crippen MR) is 95.7 cm³/mol. The van der Waals surface area contributed by atoms with Gasteiger partial charge in [0.15, 0.2) is 5.69 Å². The number of carboxylic acid groups (broad SMARTS) is 1. The lowest BCUT2D eigenvalue weighted by Crippen LogP contribution is -2.34. The second kappa shape index (κ2) is 6.96. The molecule has 0 aromatic carbocycles. The van der Waals surface area contributed by atoms with E-state index in [0.29, 0.717) is 0 Å². The molecule has 0 spiro atoms. The van der Waals surface area contributed by atoms with Gasteiger partial charge in [-0.15, -0.1) is 0 Å². The smallest absolute Gasteiger partial charge is 0.356 e. The first kappa shape index (κ1) is 17.6. The zero-order valence-corrected chi connectivity index (χ0v) is 15.1. The van der Waals surface area contributed by atoms with Crippen molar-refractivity contribution in [3.8, 4) is 0 Å². The molecule has 1 N–H and O–H groups in total. The number of carboxylic acids is 1. The molecule has 3 rings (SSSR count). The van der Waals surface area contributed by atoms with Gasteiger partial charge in [0, 0.05) is 32.0 Å². The van der Waals surface area contributed by atoms with Crippen LogP contribution in [0.5, 0.6) is 0 Å². The number of piperidine rings is 1. The number of carbonyl (C=O) groups is 1. The third-order valence-electron chi connectivity index (χ3n) is 4.83. The van der Waals surface area contributed by atoms with Crippen LogP contribution in [0.1, 0.15) is 61.4 Å². The van der Waals surface area contributed by atoms with Crippen molar-refractivity contribution < 1.29 is 9.90 Å². The molecule has 134 valence electrons. The van der Waals surface area contributed by atoms with E-state index in [0.717, 1.165) is 38.2 Å². The van der Waals surface area contributed by atoms with Gasteiger partial charge in [-0.25, -0.2) is 4.79 Å². The minimum absolute atomic E-state index is 0.116. The summed E-state index contributed by atoms with van der Waals surface area (Å²) in [5.41, 5.74) is 2.67. The first-order valence-electron chi connectivity index (χ1n) is 8.79. The summed E-state index contributed by atoms with van der Waals surface area (Å²) in [5, 5.41) is 13.2. The monoisotopic (exact) mass is 342 g/mol. The van der Waals surface area contributed by atoms with Crippen LogP contribution in [-0.2, 0) is 12.0 Å². The summed E-state index contributed by atoms with van der Waals surface area (Å²) in [6, 6.07) is 6.14. The topological polar surface area (TPSA) is 71.2 Å². The van der Waals surface area contributed by atoms with Crippen molar-refractivity contribution in [2.75, 3.05) is 13.1 Å². The molecule has 0 radical (unpaired) electrons. The van der Waals surface area contributed by atoms with Crippen LogP contribution in [0.3, 0.4) is 0 Å². The summed E-state index contributed by atoms with van der Waals surface area (Å²) in [5.74, 6) is -0.971. The fourth-order valence-corrected chi connectivity index (χ4v) is 3.26. The average molecular weight is 342 g/mol. The van der Waals surface area contributed by atoms with Crippen LogP contribution in [0, 0.1) is 0 Å². The quantitative estimate of drug-likeness (QED) is 0.924. The number of pyridine rings is 1. The summed E-state index contributed by atoms with van der Waals surface area (Å²) in [4.78, 5) is 17.9. The van der Waals surface area contributed by atoms with Gasteiger partial charge in [0.05, 0.1) is 11.7 Å². The van der Waals surface area contributed by atoms with Gasteiger partial charge in [0.1, 0.15) is 0 Å². The first-order valence-corrected chi connectivity index (χ1v) is 8.79. The third kappa shape index (κ3) is 4.25. The van der Waals surface area contributed by atoms with Crippen molar-refractivity contribution in [1.29, 1.82) is 0 Å². The van der Waals surface area contributed by atoms with Crippen LogP contribution in [0.2, 0.25) is 0 Å². The van der Waals surface area contributed by atoms with Gasteiger partial charge in [-0.1, -0.05) is 20.8 Å². The number of aromatic carboxylic acids is 1. The Morgan fingerprint density at radius 2 is 2.00 bits per heavy atom. The molecule has 6 heteroatoms. The Labute approximate surface area is 148 Å². The Balaban J connectivity index is 1.58. The van der Waals surface area contributed by atoms with E-state index in [1.165, 1.54) is 5.56 Å². The summed E-state index contributed by atoms with van der Waals surface area (Å²) in [6.07, 6.45) is 5.62. The van der Waals surface area contributed by atoms with E-state index >= 15 is 0 Å². The fourth-order valence-electron chi connectivity index (χ4n) is 3.26. The number of rotatable bonds is 4. The molecule has 3 heterocycles. The van der Waals surface area contributed by atoms with E-state index in [1.807, 2.05) is 6.20 Å². The minimum Gasteiger partial charge on any atom is -0.476 e. The highest BCUT2D eigenvalue weighted by Gasteiger charge is 2.23. The third-order valence-corrected chi connectivity index (χ3v) is 4.83. The largest absolute Gasteiger partial charge is 0.476 e. The normalized spacial score (nSPS) is 16.9. The molecule has 6 nitrogen and oxygen atoms in total.